The van der Waals surface area contributed by atoms with E-state index in [1.54, 1.807) is 0 Å². The van der Waals surface area contributed by atoms with E-state index < -0.39 is 0 Å². The van der Waals surface area contributed by atoms with E-state index in [1.165, 1.54) is 45.4 Å². The van der Waals surface area contributed by atoms with Gasteiger partial charge in [-0.3, -0.25) is 4.90 Å². The Balaban J connectivity index is 1.72. The van der Waals surface area contributed by atoms with Crippen molar-refractivity contribution in [2.75, 3.05) is 39.3 Å². The van der Waals surface area contributed by atoms with Crippen LogP contribution in [0.5, 0.6) is 0 Å². The Morgan fingerprint density at radius 2 is 1.82 bits per heavy atom. The summed E-state index contributed by atoms with van der Waals surface area (Å²) in [5.74, 6) is 1.33. The normalized spacial score (nSPS) is 29.3. The van der Waals surface area contributed by atoms with Gasteiger partial charge in [-0.15, -0.1) is 0 Å². The molecular weight excluding hydrogens is 212 g/mol. The lowest BCUT2D eigenvalue weighted by Gasteiger charge is -2.37. The fourth-order valence-electron chi connectivity index (χ4n) is 3.33. The van der Waals surface area contributed by atoms with Crippen molar-refractivity contribution in [3.63, 3.8) is 0 Å². The van der Waals surface area contributed by atoms with Gasteiger partial charge in [-0.2, -0.15) is 0 Å². The average molecular weight is 240 g/mol. The van der Waals surface area contributed by atoms with E-state index in [0.29, 0.717) is 12.5 Å². The van der Waals surface area contributed by atoms with E-state index in [2.05, 4.69) is 23.6 Å². The van der Waals surface area contributed by atoms with Gasteiger partial charge in [-0.05, 0) is 50.7 Å². The second-order valence-electron chi connectivity index (χ2n) is 6.26. The predicted octanol–water partition coefficient (Wildman–Crippen LogP) is 1.42. The van der Waals surface area contributed by atoms with Crippen LogP contribution < -0.4 is 0 Å². The Hall–Kier alpha value is -0.120. The molecule has 0 saturated carbocycles. The topological polar surface area (TPSA) is 26.7 Å². The Morgan fingerprint density at radius 3 is 2.35 bits per heavy atom. The second kappa shape index (κ2) is 6.17. The summed E-state index contributed by atoms with van der Waals surface area (Å²) < 4.78 is 0. The van der Waals surface area contributed by atoms with Crippen LogP contribution in [-0.4, -0.2) is 60.3 Å². The molecule has 0 aromatic carbocycles. The molecule has 0 aromatic rings. The van der Waals surface area contributed by atoms with Gasteiger partial charge in [0.25, 0.3) is 0 Å². The van der Waals surface area contributed by atoms with Crippen LogP contribution in [0.15, 0.2) is 0 Å². The highest BCUT2D eigenvalue weighted by Gasteiger charge is 2.30. The number of hydrogen-bond donors (Lipinski definition) is 1. The molecule has 100 valence electrons. The molecule has 2 aliphatic rings. The summed E-state index contributed by atoms with van der Waals surface area (Å²) in [6.07, 6.45) is 3.85. The van der Waals surface area contributed by atoms with Crippen molar-refractivity contribution in [3.05, 3.63) is 0 Å². The minimum atomic E-state index is 0.378. The monoisotopic (exact) mass is 240 g/mol. The van der Waals surface area contributed by atoms with E-state index in [0.717, 1.165) is 18.5 Å². The summed E-state index contributed by atoms with van der Waals surface area (Å²) in [7, 11) is 0. The standard InChI is InChI=1S/C14H28N2O/c1-12(2)9-15-6-4-14(5-7-15)16-8-3-13(10-16)11-17/h12-14,17H,3-11H2,1-2H3. The molecule has 2 heterocycles. The highest BCUT2D eigenvalue weighted by molar-refractivity contribution is 4.85. The molecule has 3 nitrogen and oxygen atoms in total. The van der Waals surface area contributed by atoms with Crippen LogP contribution in [0.4, 0.5) is 0 Å². The fourth-order valence-corrected chi connectivity index (χ4v) is 3.33. The second-order valence-corrected chi connectivity index (χ2v) is 6.26. The number of likely N-dealkylation sites (tertiary alicyclic amines) is 2. The molecule has 17 heavy (non-hydrogen) atoms. The zero-order chi connectivity index (χ0) is 12.3. The lowest BCUT2D eigenvalue weighted by molar-refractivity contribution is 0.112. The molecular formula is C14H28N2O. The molecule has 0 bridgehead atoms. The van der Waals surface area contributed by atoms with Crippen LogP contribution in [0.1, 0.15) is 33.1 Å². The number of piperidine rings is 1. The van der Waals surface area contributed by atoms with E-state index in [4.69, 9.17) is 0 Å². The molecule has 3 heteroatoms. The molecule has 2 rings (SSSR count). The predicted molar refractivity (Wildman–Crippen MR) is 71.1 cm³/mol. The van der Waals surface area contributed by atoms with Crippen LogP contribution in [0.3, 0.4) is 0 Å². The quantitative estimate of drug-likeness (QED) is 0.805. The van der Waals surface area contributed by atoms with Crippen molar-refractivity contribution in [2.45, 2.75) is 39.2 Å². The third-order valence-corrected chi connectivity index (χ3v) is 4.27. The number of nitrogens with zero attached hydrogens (tertiary/aromatic N) is 2. The summed E-state index contributed by atoms with van der Waals surface area (Å²) in [5.41, 5.74) is 0. The van der Waals surface area contributed by atoms with Crippen LogP contribution >= 0.6 is 0 Å². The van der Waals surface area contributed by atoms with Crippen LogP contribution in [-0.2, 0) is 0 Å². The van der Waals surface area contributed by atoms with Crippen molar-refractivity contribution in [2.24, 2.45) is 11.8 Å². The Morgan fingerprint density at radius 1 is 1.12 bits per heavy atom. The summed E-state index contributed by atoms with van der Waals surface area (Å²) >= 11 is 0. The highest BCUT2D eigenvalue weighted by atomic mass is 16.3. The number of aliphatic hydroxyl groups is 1. The molecule has 2 aliphatic heterocycles. The average Bonchev–Trinajstić information content (AvgIpc) is 2.78. The molecule has 1 atom stereocenters. The van der Waals surface area contributed by atoms with Crippen LogP contribution in [0, 0.1) is 11.8 Å². The number of rotatable bonds is 4. The van der Waals surface area contributed by atoms with Crippen LogP contribution in [0.25, 0.3) is 0 Å². The molecule has 0 radical (unpaired) electrons. The van der Waals surface area contributed by atoms with Gasteiger partial charge in [-0.1, -0.05) is 13.8 Å². The Labute approximate surface area is 106 Å². The summed E-state index contributed by atoms with van der Waals surface area (Å²) in [5, 5.41) is 9.19. The van der Waals surface area contributed by atoms with Gasteiger partial charge in [0.2, 0.25) is 0 Å². The molecule has 1 unspecified atom stereocenters. The molecule has 2 saturated heterocycles. The number of hydrogen-bond acceptors (Lipinski definition) is 3. The van der Waals surface area contributed by atoms with Gasteiger partial charge < -0.3 is 10.0 Å². The first-order chi connectivity index (χ1) is 8.19. The first-order valence-corrected chi connectivity index (χ1v) is 7.26. The molecule has 0 spiro atoms. The minimum absolute atomic E-state index is 0.378. The molecule has 2 fully saturated rings. The Bertz CT molecular complexity index is 224. The summed E-state index contributed by atoms with van der Waals surface area (Å²) in [4.78, 5) is 5.23. The van der Waals surface area contributed by atoms with E-state index >= 15 is 0 Å². The van der Waals surface area contributed by atoms with Crippen molar-refractivity contribution in [1.29, 1.82) is 0 Å². The Kier molecular flexibility index (Phi) is 4.83. The first kappa shape index (κ1) is 13.3. The molecule has 0 aliphatic carbocycles. The van der Waals surface area contributed by atoms with E-state index in [1.807, 2.05) is 0 Å². The van der Waals surface area contributed by atoms with Gasteiger partial charge in [0.15, 0.2) is 0 Å². The third kappa shape index (κ3) is 3.67. The zero-order valence-electron chi connectivity index (χ0n) is 11.4. The van der Waals surface area contributed by atoms with Gasteiger partial charge in [0.05, 0.1) is 0 Å². The lowest BCUT2D eigenvalue weighted by Crippen LogP contribution is -2.45. The lowest BCUT2D eigenvalue weighted by atomic mass is 10.0. The van der Waals surface area contributed by atoms with Crippen molar-refractivity contribution < 1.29 is 5.11 Å². The maximum absolute atomic E-state index is 9.19. The first-order valence-electron chi connectivity index (χ1n) is 7.26. The van der Waals surface area contributed by atoms with Crippen molar-refractivity contribution >= 4 is 0 Å². The molecule has 0 amide bonds. The summed E-state index contributed by atoms with van der Waals surface area (Å²) in [6.45, 7) is 11.1. The van der Waals surface area contributed by atoms with Crippen molar-refractivity contribution in [3.8, 4) is 0 Å². The largest absolute Gasteiger partial charge is 0.396 e. The van der Waals surface area contributed by atoms with Gasteiger partial charge in [0.1, 0.15) is 0 Å². The third-order valence-electron chi connectivity index (χ3n) is 4.27. The van der Waals surface area contributed by atoms with Gasteiger partial charge in [0, 0.05) is 25.7 Å². The van der Waals surface area contributed by atoms with E-state index in [-0.39, 0.29) is 0 Å². The van der Waals surface area contributed by atoms with Crippen LogP contribution in [0.2, 0.25) is 0 Å². The minimum Gasteiger partial charge on any atom is -0.396 e. The highest BCUT2D eigenvalue weighted by Crippen LogP contribution is 2.24. The van der Waals surface area contributed by atoms with Crippen molar-refractivity contribution in [1.82, 2.24) is 9.80 Å². The molecule has 1 N–H and O–H groups in total. The SMILES string of the molecule is CC(C)CN1CCC(N2CCC(CO)C2)CC1. The zero-order valence-corrected chi connectivity index (χ0v) is 11.4. The number of aliphatic hydroxyl groups excluding tert-OH is 1. The maximum Gasteiger partial charge on any atom is 0.0471 e. The maximum atomic E-state index is 9.19. The van der Waals surface area contributed by atoms with Gasteiger partial charge >= 0.3 is 0 Å². The fraction of sp³-hybridized carbons (Fsp3) is 1.00. The smallest absolute Gasteiger partial charge is 0.0471 e. The van der Waals surface area contributed by atoms with Gasteiger partial charge in [-0.25, -0.2) is 0 Å². The summed E-state index contributed by atoms with van der Waals surface area (Å²) in [6, 6.07) is 0.787. The molecule has 0 aromatic heterocycles. The van der Waals surface area contributed by atoms with E-state index in [9.17, 15) is 5.11 Å².